The molecule has 0 aromatic heterocycles. The molecule has 0 aliphatic carbocycles. The Hall–Kier alpha value is -5.66. The minimum absolute atomic E-state index is 0. The van der Waals surface area contributed by atoms with E-state index >= 15 is 0 Å². The molecule has 101 heavy (non-hydrogen) atoms. The summed E-state index contributed by atoms with van der Waals surface area (Å²) in [7, 11) is 0. The summed E-state index contributed by atoms with van der Waals surface area (Å²) in [6, 6.07) is 71.3. The van der Waals surface area contributed by atoms with Gasteiger partial charge in [0.1, 0.15) is 6.29 Å². The number of rotatable bonds is 29. The molecule has 556 valence electrons. The maximum Gasteiger partial charge on any atom is 1.00 e. The first-order chi connectivity index (χ1) is 47.3. The summed E-state index contributed by atoms with van der Waals surface area (Å²) in [4.78, 5) is 24.6. The van der Waals surface area contributed by atoms with Crippen molar-refractivity contribution in [2.24, 2.45) is 53.1 Å². The number of hydrogen-bond donors (Lipinski definition) is 8. The summed E-state index contributed by atoms with van der Waals surface area (Å²) in [6.45, 7) is 31.0. The number of halogens is 2. The number of nitrogens with two attached hydrogens (primary N) is 1. The van der Waals surface area contributed by atoms with E-state index in [-0.39, 0.29) is 92.6 Å². The number of aliphatic hydroxyl groups excluding tert-OH is 5. The van der Waals surface area contributed by atoms with Crippen molar-refractivity contribution in [3.05, 3.63) is 258 Å². The smallest absolute Gasteiger partial charge is 0.396 e. The van der Waals surface area contributed by atoms with Crippen LogP contribution in [-0.4, -0.2) is 125 Å². The molecule has 1 aliphatic rings. The molecule has 1 heterocycles. The van der Waals surface area contributed by atoms with E-state index in [4.69, 9.17) is 25.8 Å². The van der Waals surface area contributed by atoms with E-state index in [1.807, 2.05) is 182 Å². The number of urea groups is 1. The van der Waals surface area contributed by atoms with Gasteiger partial charge in [-0.1, -0.05) is 282 Å². The molecular formula is C86H129Cl2LiN4O8. The van der Waals surface area contributed by atoms with Gasteiger partial charge in [-0.15, -0.1) is 12.4 Å². The fourth-order valence-corrected chi connectivity index (χ4v) is 10.1. The van der Waals surface area contributed by atoms with Gasteiger partial charge >= 0.3 is 24.9 Å². The van der Waals surface area contributed by atoms with Crippen molar-refractivity contribution < 1.29 is 58.7 Å². The van der Waals surface area contributed by atoms with E-state index < -0.39 is 6.10 Å². The zero-order valence-electron chi connectivity index (χ0n) is 63.8. The fraction of sp³-hybridized carbons (Fsp3) is 0.477. The van der Waals surface area contributed by atoms with Crippen LogP contribution in [0.25, 0.3) is 0 Å². The number of epoxide rings is 1. The second-order valence-corrected chi connectivity index (χ2v) is 28.4. The molecule has 0 bridgehead atoms. The number of benzene rings is 7. The van der Waals surface area contributed by atoms with Crippen LogP contribution >= 0.6 is 24.0 Å². The molecule has 0 radical (unpaired) electrons. The molecule has 1 aliphatic heterocycles. The van der Waals surface area contributed by atoms with Crippen molar-refractivity contribution >= 4 is 36.3 Å². The van der Waals surface area contributed by atoms with E-state index in [0.717, 1.165) is 64.4 Å². The van der Waals surface area contributed by atoms with Crippen LogP contribution in [0.15, 0.2) is 212 Å². The van der Waals surface area contributed by atoms with Crippen molar-refractivity contribution in [3.63, 3.8) is 0 Å². The van der Waals surface area contributed by atoms with E-state index in [0.29, 0.717) is 55.3 Å². The van der Waals surface area contributed by atoms with Crippen molar-refractivity contribution in [2.75, 3.05) is 52.6 Å². The van der Waals surface area contributed by atoms with Crippen LogP contribution in [0.5, 0.6) is 0 Å². The number of hydrogen-bond acceptors (Lipinski definition) is 10. The van der Waals surface area contributed by atoms with Gasteiger partial charge in [0.05, 0.1) is 31.5 Å². The third kappa shape index (κ3) is 52.0. The van der Waals surface area contributed by atoms with E-state index in [1.165, 1.54) is 38.9 Å². The normalized spacial score (nSPS) is 14.3. The van der Waals surface area contributed by atoms with E-state index in [1.54, 1.807) is 4.90 Å². The van der Waals surface area contributed by atoms with Crippen LogP contribution in [0.2, 0.25) is 0 Å². The molecule has 15 heteroatoms. The Balaban J connectivity index is 0. The number of carbonyl (C=O) groups excluding carboxylic acids is 2. The average molecular weight is 1420 g/mol. The first-order valence-corrected chi connectivity index (χ1v) is 36.2. The fourth-order valence-electron chi connectivity index (χ4n) is 10.1. The van der Waals surface area contributed by atoms with Gasteiger partial charge in [0, 0.05) is 50.3 Å². The largest absolute Gasteiger partial charge is 1.00 e. The average Bonchev–Trinajstić information content (AvgIpc) is 1.86. The third-order valence-corrected chi connectivity index (χ3v) is 15.9. The molecule has 7 aromatic carbocycles. The first-order valence-electron chi connectivity index (χ1n) is 35.7. The summed E-state index contributed by atoms with van der Waals surface area (Å²) in [5.74, 6) is 2.92. The Morgan fingerprint density at radius 2 is 0.822 bits per heavy atom. The van der Waals surface area contributed by atoms with Crippen LogP contribution in [0, 0.1) is 53.7 Å². The summed E-state index contributed by atoms with van der Waals surface area (Å²) in [6.07, 6.45) is 9.85. The van der Waals surface area contributed by atoms with E-state index in [9.17, 15) is 19.8 Å². The Kier molecular flexibility index (Phi) is 57.6. The van der Waals surface area contributed by atoms with Crippen molar-refractivity contribution in [3.8, 4) is 0 Å². The SMILES string of the molecule is CC(C)CN(C[C@@H](O)[C@@H](C)Cc1ccccc1)C(=O)NC(C)(C)C.CC(C)CNC[C@@H](O)[C@@H](C)Cc1ccccc1.C[C@@H](Cc1ccccc1)[C@H]1CO1.C[C@H](C=O)Cc1ccccc1.C[C@H](CO)Cc1ccccc1.C[C@H](CO)Cc1ccccc1.Cl.N[C@H](CO)Cc1ccccc1.[CH2-]Cl.[Li+]. The summed E-state index contributed by atoms with van der Waals surface area (Å²) < 4.78 is 5.24. The van der Waals surface area contributed by atoms with Crippen molar-refractivity contribution in [1.29, 1.82) is 0 Å². The zero-order valence-corrected chi connectivity index (χ0v) is 65.4. The van der Waals surface area contributed by atoms with Gasteiger partial charge in [-0.25, -0.2) is 4.79 Å². The number of amides is 2. The topological polar surface area (TPSA) is 201 Å². The molecule has 2 amide bonds. The van der Waals surface area contributed by atoms with Gasteiger partial charge in [0.2, 0.25) is 0 Å². The third-order valence-electron chi connectivity index (χ3n) is 15.9. The maximum absolute atomic E-state index is 12.5. The van der Waals surface area contributed by atoms with E-state index in [2.05, 4.69) is 149 Å². The van der Waals surface area contributed by atoms with Crippen LogP contribution in [-0.2, 0) is 54.5 Å². The number of ether oxygens (including phenoxy) is 1. The van der Waals surface area contributed by atoms with Gasteiger partial charge in [-0.05, 0) is 153 Å². The van der Waals surface area contributed by atoms with Crippen molar-refractivity contribution in [1.82, 2.24) is 15.5 Å². The summed E-state index contributed by atoms with van der Waals surface area (Å²) in [5, 5.41) is 53.2. The van der Waals surface area contributed by atoms with Crippen LogP contribution < -0.4 is 35.2 Å². The summed E-state index contributed by atoms with van der Waals surface area (Å²) in [5.41, 5.74) is 14.2. The van der Waals surface area contributed by atoms with Crippen LogP contribution in [0.3, 0.4) is 0 Å². The number of carbonyl (C=O) groups is 2. The molecule has 12 nitrogen and oxygen atoms in total. The second-order valence-electron chi connectivity index (χ2n) is 28.4. The molecule has 1 fully saturated rings. The molecular weight excluding hydrogens is 1290 g/mol. The molecule has 10 atom stereocenters. The Morgan fingerprint density at radius 3 is 1.12 bits per heavy atom. The molecule has 0 unspecified atom stereocenters. The maximum atomic E-state index is 12.5. The van der Waals surface area contributed by atoms with Crippen LogP contribution in [0.4, 0.5) is 4.79 Å². The molecule has 0 spiro atoms. The predicted molar refractivity (Wildman–Crippen MR) is 424 cm³/mol. The van der Waals surface area contributed by atoms with Gasteiger partial charge in [-0.3, -0.25) is 6.38 Å². The Morgan fingerprint density at radius 1 is 0.505 bits per heavy atom. The number of nitrogens with one attached hydrogen (secondary N) is 2. The second kappa shape index (κ2) is 59.7. The van der Waals surface area contributed by atoms with Gasteiger partial charge in [0.25, 0.3) is 0 Å². The zero-order chi connectivity index (χ0) is 73.8. The minimum Gasteiger partial charge on any atom is -0.396 e. The first kappa shape index (κ1) is 97.4. The monoisotopic (exact) mass is 1420 g/mol. The standard InChI is InChI=1S/C20H34N2O2.C15H25NO.C11H14O.2C10H14O.C10H12O.C9H13NO.CH2Cl.ClH.Li/c1-15(2)13-22(19(24)21-20(4,5)6)14-18(23)16(3)12-17-10-8-7-9-11-17;1-12(2)10-16-11-15(17)13(3)9-14-7-5-4-6-8-14;1-9(11-8-12-11)7-10-5-3-2-4-6-10;3*1-9(8-11)7-10-5-3-2-4-6-10;10-9(7-11)6-8-4-2-1-3-5-8;1-2;;/h7-11,15-16,18,23H,12-14H2,1-6H3,(H,21,24);4-8,12-13,15-17H,9-11H2,1-3H3;2-6,9,11H,7-8H2,1H3;2*2-6,9,11H,7-8H2,1H3;2-6,8-9H,7H2,1H3;1-5,9,11H,6-7,10H2;1H2;1H;/q;;;;;;;-1;;+1/t16-,18+;13-,15+;9-,11+;4*9-;;;/m0000000.../s1. The number of aldehydes is 1. The molecule has 0 saturated carbocycles. The Labute approximate surface area is 634 Å². The van der Waals surface area contributed by atoms with Gasteiger partial charge in [-0.2, -0.15) is 0 Å². The number of nitrogens with zero attached hydrogens (tertiary/aromatic N) is 1. The molecule has 7 aromatic rings. The Bertz CT molecular complexity index is 2870. The molecule has 8 rings (SSSR count). The predicted octanol–water partition coefficient (Wildman–Crippen LogP) is 13.2. The quantitative estimate of drug-likeness (QED) is 0.00965. The number of aliphatic hydroxyl groups is 5. The van der Waals surface area contributed by atoms with Crippen molar-refractivity contribution in [2.45, 2.75) is 165 Å². The minimum atomic E-state index is -0.547. The van der Waals surface area contributed by atoms with Gasteiger partial charge < -0.3 is 67.9 Å². The van der Waals surface area contributed by atoms with Gasteiger partial charge in [0.15, 0.2) is 0 Å². The molecule has 9 N–H and O–H groups in total. The summed E-state index contributed by atoms with van der Waals surface area (Å²) >= 11 is 4.39. The van der Waals surface area contributed by atoms with Crippen LogP contribution in [0.1, 0.15) is 129 Å². The molecule has 1 saturated heterocycles.